The molecule has 0 aromatic carbocycles. The van der Waals surface area contributed by atoms with Crippen molar-refractivity contribution in [3.8, 4) is 0 Å². The molecule has 162 valence electrons. The van der Waals surface area contributed by atoms with E-state index in [1.807, 2.05) is 28.8 Å². The van der Waals surface area contributed by atoms with E-state index in [1.54, 1.807) is 0 Å². The van der Waals surface area contributed by atoms with Gasteiger partial charge in [-0.2, -0.15) is 0 Å². The molecule has 0 radical (unpaired) electrons. The number of rotatable bonds is 7. The number of piperidine rings is 1. The molecule has 3 heterocycles. The van der Waals surface area contributed by atoms with Crippen molar-refractivity contribution in [2.24, 2.45) is 16.8 Å². The van der Waals surface area contributed by atoms with Gasteiger partial charge in [0.25, 0.3) is 0 Å². The van der Waals surface area contributed by atoms with Crippen molar-refractivity contribution in [3.63, 3.8) is 0 Å². The van der Waals surface area contributed by atoms with E-state index in [0.29, 0.717) is 18.5 Å². The lowest BCUT2D eigenvalue weighted by Crippen LogP contribution is -2.51. The molecule has 3 rings (SSSR count). The molecule has 0 spiro atoms. The third-order valence-electron chi connectivity index (χ3n) is 5.64. The Morgan fingerprint density at radius 3 is 2.66 bits per heavy atom. The van der Waals surface area contributed by atoms with Crippen molar-refractivity contribution < 1.29 is 0 Å². The van der Waals surface area contributed by atoms with Crippen LogP contribution in [0.5, 0.6) is 0 Å². The quantitative estimate of drug-likeness (QED) is 0.338. The Labute approximate surface area is 191 Å². The molecule has 29 heavy (non-hydrogen) atoms. The number of guanidine groups is 1. The molecule has 0 saturated carbocycles. The molecule has 1 fully saturated rings. The maximum atomic E-state index is 4.75. The summed E-state index contributed by atoms with van der Waals surface area (Å²) in [7, 11) is 0. The minimum Gasteiger partial charge on any atom is -0.357 e. The molecule has 0 bridgehead atoms. The van der Waals surface area contributed by atoms with Crippen molar-refractivity contribution in [1.82, 2.24) is 30.1 Å². The van der Waals surface area contributed by atoms with E-state index >= 15 is 0 Å². The number of nitrogens with zero attached hydrogens (tertiary/aromatic N) is 5. The van der Waals surface area contributed by atoms with Crippen LogP contribution in [0.4, 0.5) is 0 Å². The van der Waals surface area contributed by atoms with Gasteiger partial charge in [-0.15, -0.1) is 34.2 Å². The highest BCUT2D eigenvalue weighted by Gasteiger charge is 2.25. The summed E-state index contributed by atoms with van der Waals surface area (Å²) in [5.41, 5.74) is 0.852. The summed E-state index contributed by atoms with van der Waals surface area (Å²) in [6.07, 6.45) is 4.58. The van der Waals surface area contributed by atoms with Crippen molar-refractivity contribution in [2.75, 3.05) is 26.2 Å². The molecule has 1 unspecified atom stereocenters. The third-order valence-corrected chi connectivity index (χ3v) is 5.64. The normalized spacial score (nSPS) is 17.3. The van der Waals surface area contributed by atoms with Gasteiger partial charge < -0.3 is 10.6 Å². The first-order chi connectivity index (χ1) is 13.6. The van der Waals surface area contributed by atoms with E-state index in [-0.39, 0.29) is 24.0 Å². The van der Waals surface area contributed by atoms with Crippen LogP contribution in [0.25, 0.3) is 5.65 Å². The zero-order chi connectivity index (χ0) is 19.9. The van der Waals surface area contributed by atoms with E-state index in [2.05, 4.69) is 53.4 Å². The average Bonchev–Trinajstić information content (AvgIpc) is 3.10. The molecule has 2 aromatic heterocycles. The van der Waals surface area contributed by atoms with Gasteiger partial charge >= 0.3 is 0 Å². The summed E-state index contributed by atoms with van der Waals surface area (Å²) in [6, 6.07) is 6.43. The van der Waals surface area contributed by atoms with Crippen LogP contribution in [0.1, 0.15) is 46.4 Å². The second-order valence-corrected chi connectivity index (χ2v) is 8.15. The smallest absolute Gasteiger partial charge is 0.191 e. The van der Waals surface area contributed by atoms with E-state index in [4.69, 9.17) is 4.99 Å². The van der Waals surface area contributed by atoms with Gasteiger partial charge in [0, 0.05) is 25.3 Å². The number of nitrogens with one attached hydrogen (secondary N) is 2. The standard InChI is InChI=1S/C21H35N7.HI/c1-5-22-21(24-15-20-26-25-19-8-6-7-11-28(19)20)23-14-18(16(2)3)27-12-9-17(4)10-13-27;/h6-8,11,16-18H,5,9-10,12-15H2,1-4H3,(H2,22,23,24);1H. The first kappa shape index (κ1) is 23.9. The summed E-state index contributed by atoms with van der Waals surface area (Å²) in [5, 5.41) is 15.4. The Hall–Kier alpha value is -1.42. The number of pyridine rings is 1. The van der Waals surface area contributed by atoms with Crippen molar-refractivity contribution in [3.05, 3.63) is 30.2 Å². The number of hydrogen-bond donors (Lipinski definition) is 2. The highest BCUT2D eigenvalue weighted by atomic mass is 127. The van der Waals surface area contributed by atoms with Crippen LogP contribution >= 0.6 is 24.0 Å². The van der Waals surface area contributed by atoms with Crippen LogP contribution in [0.15, 0.2) is 29.4 Å². The number of fused-ring (bicyclic) bond motifs is 1. The van der Waals surface area contributed by atoms with Crippen LogP contribution in [0.3, 0.4) is 0 Å². The molecular weight excluding hydrogens is 477 g/mol. The van der Waals surface area contributed by atoms with E-state index < -0.39 is 0 Å². The molecular formula is C21H36IN7. The zero-order valence-corrected chi connectivity index (χ0v) is 20.5. The van der Waals surface area contributed by atoms with E-state index in [0.717, 1.165) is 36.4 Å². The second-order valence-electron chi connectivity index (χ2n) is 8.15. The summed E-state index contributed by atoms with van der Waals surface area (Å²) in [6.45, 7) is 13.7. The first-order valence-corrected chi connectivity index (χ1v) is 10.6. The fraction of sp³-hybridized carbons (Fsp3) is 0.667. The topological polar surface area (TPSA) is 69.8 Å². The van der Waals surface area contributed by atoms with Gasteiger partial charge in [0.15, 0.2) is 17.4 Å². The second kappa shape index (κ2) is 11.7. The lowest BCUT2D eigenvalue weighted by molar-refractivity contribution is 0.110. The fourth-order valence-electron chi connectivity index (χ4n) is 3.84. The van der Waals surface area contributed by atoms with Crippen molar-refractivity contribution in [2.45, 2.75) is 53.1 Å². The molecule has 1 aliphatic rings. The van der Waals surface area contributed by atoms with Crippen molar-refractivity contribution in [1.29, 1.82) is 0 Å². The molecule has 7 nitrogen and oxygen atoms in total. The molecule has 8 heteroatoms. The Balaban J connectivity index is 0.00000300. The van der Waals surface area contributed by atoms with Gasteiger partial charge in [0.1, 0.15) is 6.54 Å². The summed E-state index contributed by atoms with van der Waals surface area (Å²) >= 11 is 0. The first-order valence-electron chi connectivity index (χ1n) is 10.6. The zero-order valence-electron chi connectivity index (χ0n) is 18.1. The summed E-state index contributed by atoms with van der Waals surface area (Å²) in [4.78, 5) is 7.39. The highest BCUT2D eigenvalue weighted by Crippen LogP contribution is 2.21. The molecule has 1 aliphatic heterocycles. The van der Waals surface area contributed by atoms with Crippen LogP contribution in [0.2, 0.25) is 0 Å². The fourth-order valence-corrected chi connectivity index (χ4v) is 3.84. The summed E-state index contributed by atoms with van der Waals surface area (Å²) in [5.74, 6) is 3.14. The predicted octanol–water partition coefficient (Wildman–Crippen LogP) is 3.16. The Kier molecular flexibility index (Phi) is 9.61. The van der Waals surface area contributed by atoms with Crippen LogP contribution < -0.4 is 10.6 Å². The lowest BCUT2D eigenvalue weighted by atomic mass is 9.94. The largest absolute Gasteiger partial charge is 0.357 e. The molecule has 2 aromatic rings. The minimum atomic E-state index is 0. The summed E-state index contributed by atoms with van der Waals surface area (Å²) < 4.78 is 1.99. The molecule has 0 amide bonds. The third kappa shape index (κ3) is 6.53. The van der Waals surface area contributed by atoms with Crippen LogP contribution in [0, 0.1) is 11.8 Å². The maximum Gasteiger partial charge on any atom is 0.191 e. The maximum absolute atomic E-state index is 4.75. The Morgan fingerprint density at radius 2 is 1.97 bits per heavy atom. The highest BCUT2D eigenvalue weighted by molar-refractivity contribution is 14.0. The molecule has 1 saturated heterocycles. The Bertz CT molecular complexity index is 765. The van der Waals surface area contributed by atoms with Gasteiger partial charge in [0.05, 0.1) is 0 Å². The number of aromatic nitrogens is 3. The molecule has 2 N–H and O–H groups in total. The average molecular weight is 513 g/mol. The monoisotopic (exact) mass is 513 g/mol. The molecule has 0 aliphatic carbocycles. The SMILES string of the molecule is CCNC(=NCc1nnc2ccccn12)NCC(C(C)C)N1CCC(C)CC1.I. The number of hydrogen-bond acceptors (Lipinski definition) is 4. The Morgan fingerprint density at radius 1 is 1.21 bits per heavy atom. The van der Waals surface area contributed by atoms with Crippen LogP contribution in [-0.4, -0.2) is 57.7 Å². The van der Waals surface area contributed by atoms with Gasteiger partial charge in [-0.25, -0.2) is 4.99 Å². The molecule has 1 atom stereocenters. The predicted molar refractivity (Wildman–Crippen MR) is 130 cm³/mol. The van der Waals surface area contributed by atoms with Gasteiger partial charge in [-0.05, 0) is 56.8 Å². The number of likely N-dealkylation sites (tertiary alicyclic amines) is 1. The van der Waals surface area contributed by atoms with Crippen molar-refractivity contribution >= 4 is 35.6 Å². The minimum absolute atomic E-state index is 0. The number of halogens is 1. The van der Waals surface area contributed by atoms with E-state index in [9.17, 15) is 0 Å². The van der Waals surface area contributed by atoms with Gasteiger partial charge in [-0.3, -0.25) is 9.30 Å². The lowest BCUT2D eigenvalue weighted by Gasteiger charge is -2.39. The van der Waals surface area contributed by atoms with Gasteiger partial charge in [0.2, 0.25) is 0 Å². The van der Waals surface area contributed by atoms with Crippen LogP contribution in [-0.2, 0) is 6.54 Å². The van der Waals surface area contributed by atoms with Gasteiger partial charge in [-0.1, -0.05) is 26.8 Å². The number of aliphatic imine (C=N–C) groups is 1. The van der Waals surface area contributed by atoms with E-state index in [1.165, 1.54) is 25.9 Å².